The summed E-state index contributed by atoms with van der Waals surface area (Å²) >= 11 is 8.21. The minimum absolute atomic E-state index is 0.0323. The number of hydrogen-bond donors (Lipinski definition) is 4. The molecule has 2 saturated carbocycles. The number of halogens is 3. The number of rotatable bonds is 15. The number of amides is 3. The number of carbonyl (C=O) groups excluding carboxylic acids is 3. The van der Waals surface area contributed by atoms with E-state index in [4.69, 9.17) is 35.8 Å². The van der Waals surface area contributed by atoms with Gasteiger partial charge in [-0.2, -0.15) is 0 Å². The molecule has 0 bridgehead atoms. The van der Waals surface area contributed by atoms with Gasteiger partial charge in [-0.3, -0.25) is 9.59 Å². The van der Waals surface area contributed by atoms with E-state index in [-0.39, 0.29) is 42.8 Å². The normalized spacial score (nSPS) is 23.1. The second kappa shape index (κ2) is 17.2. The van der Waals surface area contributed by atoms with E-state index in [0.717, 1.165) is 0 Å². The van der Waals surface area contributed by atoms with E-state index in [1.54, 1.807) is 39.0 Å². The fourth-order valence-electron chi connectivity index (χ4n) is 8.23. The third-order valence-corrected chi connectivity index (χ3v) is 12.7. The topological polar surface area (TPSA) is 181 Å². The van der Waals surface area contributed by atoms with Crippen molar-refractivity contribution >= 4 is 62.8 Å². The number of nitrogens with zero attached hydrogens (tertiary/aromatic N) is 3. The lowest BCUT2D eigenvalue weighted by atomic mass is 9.85. The van der Waals surface area contributed by atoms with Gasteiger partial charge in [-0.1, -0.05) is 59.1 Å². The van der Waals surface area contributed by atoms with Crippen molar-refractivity contribution in [3.63, 3.8) is 0 Å². The molecule has 3 heterocycles. The first-order valence-electron chi connectivity index (χ1n) is 20.0. The molecule has 3 aromatic rings. The summed E-state index contributed by atoms with van der Waals surface area (Å²) in [7, 11) is 1.49. The van der Waals surface area contributed by atoms with E-state index >= 15 is 0 Å². The zero-order valence-electron chi connectivity index (χ0n) is 34.4. The molecule has 6 rings (SSSR count). The number of methoxy groups -OCH3 is 1. The highest BCUT2D eigenvalue weighted by Crippen LogP contribution is 2.64. The first kappa shape index (κ1) is 44.1. The smallest absolute Gasteiger partial charge is 0.408 e. The predicted octanol–water partition coefficient (Wildman–Crippen LogP) is 7.38. The Morgan fingerprint density at radius 1 is 1.02 bits per heavy atom. The molecule has 322 valence electrons. The van der Waals surface area contributed by atoms with Gasteiger partial charge in [0.25, 0.3) is 5.92 Å². The largest absolute Gasteiger partial charge is 0.495 e. The standard InChI is InChI=1S/C41H53ClF2N6O8S/c1-9-20(10-2)32(37(53)54)48-35(51)28-15-22(17-50(28)36(52)34(40(5,6)7)49-39(55)58-21-13-24-25(14-21)41(24,43)44)57-30-16-26(27-18-59-38(47-27)45-19(3)4)46-33-23(30)11-12-29(56-8)31(33)42/h11-12,16,18-22,24-25,28,32,34H,9-10,13-15,17H2,1-8H3,(H,45,47)(H,48,51)(H,49,55)(H,53,54)/t21?,22-,24-,25+,28+,32?,34-/m1/s1. The number of likely N-dealkylation sites (tertiary alicyclic amines) is 1. The second-order valence-corrected chi connectivity index (χ2v) is 18.3. The van der Waals surface area contributed by atoms with Crippen LogP contribution in [-0.2, 0) is 19.1 Å². The van der Waals surface area contributed by atoms with Crippen molar-refractivity contribution in [1.29, 1.82) is 0 Å². The fraction of sp³-hybridized carbons (Fsp3) is 0.610. The number of alkyl halides is 2. The number of pyridine rings is 1. The van der Waals surface area contributed by atoms with Crippen LogP contribution in [0.25, 0.3) is 22.3 Å². The molecule has 1 aliphatic heterocycles. The Hall–Kier alpha value is -4.51. The molecule has 3 fully saturated rings. The summed E-state index contributed by atoms with van der Waals surface area (Å²) in [6.07, 6.45) is -1.43. The van der Waals surface area contributed by atoms with Crippen LogP contribution in [-0.4, -0.2) is 99.8 Å². The maximum atomic E-state index is 14.7. The second-order valence-electron chi connectivity index (χ2n) is 17.0. The molecule has 7 atom stereocenters. The zero-order valence-corrected chi connectivity index (χ0v) is 36.0. The number of aromatic nitrogens is 2. The van der Waals surface area contributed by atoms with Crippen molar-refractivity contribution in [2.24, 2.45) is 23.2 Å². The molecule has 0 radical (unpaired) electrons. The fourth-order valence-corrected chi connectivity index (χ4v) is 9.36. The Labute approximate surface area is 351 Å². The monoisotopic (exact) mass is 862 g/mol. The maximum absolute atomic E-state index is 14.7. The molecular formula is C41H53ClF2N6O8S. The zero-order chi connectivity index (χ0) is 43.1. The molecule has 2 unspecified atom stereocenters. The number of thiazole rings is 1. The number of anilines is 1. The number of carbonyl (C=O) groups is 4. The van der Waals surface area contributed by atoms with Gasteiger partial charge in [0, 0.05) is 41.1 Å². The lowest BCUT2D eigenvalue weighted by Gasteiger charge is -2.35. The third kappa shape index (κ3) is 9.30. The van der Waals surface area contributed by atoms with E-state index < -0.39 is 77.4 Å². The van der Waals surface area contributed by atoms with Gasteiger partial charge in [-0.25, -0.2) is 28.3 Å². The number of hydrogen-bond acceptors (Lipinski definition) is 11. The molecule has 0 spiro atoms. The third-order valence-electron chi connectivity index (χ3n) is 11.5. The van der Waals surface area contributed by atoms with Crippen molar-refractivity contribution in [1.82, 2.24) is 25.5 Å². The molecule has 1 aromatic carbocycles. The van der Waals surface area contributed by atoms with Crippen LogP contribution in [0, 0.1) is 23.2 Å². The number of aliphatic carboxylic acids is 1. The Morgan fingerprint density at radius 2 is 1.69 bits per heavy atom. The molecule has 59 heavy (non-hydrogen) atoms. The molecule has 3 amide bonds. The number of nitrogens with one attached hydrogen (secondary N) is 3. The maximum Gasteiger partial charge on any atom is 0.408 e. The Bertz CT molecular complexity index is 2060. The minimum atomic E-state index is -2.74. The molecule has 4 N–H and O–H groups in total. The van der Waals surface area contributed by atoms with Gasteiger partial charge in [0.05, 0.1) is 24.9 Å². The van der Waals surface area contributed by atoms with Crippen LogP contribution in [0.4, 0.5) is 18.7 Å². The van der Waals surface area contributed by atoms with Crippen LogP contribution in [0.1, 0.15) is 80.6 Å². The van der Waals surface area contributed by atoms with E-state index in [9.17, 15) is 33.1 Å². The summed E-state index contributed by atoms with van der Waals surface area (Å²) in [4.78, 5) is 65.4. The number of fused-ring (bicyclic) bond motifs is 2. The summed E-state index contributed by atoms with van der Waals surface area (Å²) in [6, 6.07) is 1.63. The number of ether oxygens (including phenoxy) is 3. The van der Waals surface area contributed by atoms with Gasteiger partial charge in [0.2, 0.25) is 11.8 Å². The lowest BCUT2D eigenvalue weighted by molar-refractivity contribution is -0.146. The Kier molecular flexibility index (Phi) is 12.9. The van der Waals surface area contributed by atoms with Crippen molar-refractivity contribution < 1.29 is 47.3 Å². The molecule has 18 heteroatoms. The summed E-state index contributed by atoms with van der Waals surface area (Å²) in [6.45, 7) is 12.8. The van der Waals surface area contributed by atoms with Crippen LogP contribution in [0.5, 0.6) is 11.5 Å². The highest BCUT2D eigenvalue weighted by atomic mass is 35.5. The summed E-state index contributed by atoms with van der Waals surface area (Å²) in [5.74, 6) is -6.54. The van der Waals surface area contributed by atoms with Crippen molar-refractivity contribution in [2.75, 3.05) is 19.0 Å². The molecule has 1 saturated heterocycles. The van der Waals surface area contributed by atoms with Gasteiger partial charge < -0.3 is 40.2 Å². The van der Waals surface area contributed by atoms with Crippen LogP contribution < -0.4 is 25.4 Å². The first-order valence-corrected chi connectivity index (χ1v) is 21.3. The summed E-state index contributed by atoms with van der Waals surface area (Å²) in [5, 5.41) is 22.1. The lowest BCUT2D eigenvalue weighted by Crippen LogP contribution is -2.59. The molecule has 2 aromatic heterocycles. The molecule has 14 nitrogen and oxygen atoms in total. The highest BCUT2D eigenvalue weighted by Gasteiger charge is 2.72. The minimum Gasteiger partial charge on any atom is -0.495 e. The average Bonchev–Trinajstić information content (AvgIpc) is 3.74. The van der Waals surface area contributed by atoms with E-state index in [0.29, 0.717) is 51.8 Å². The van der Waals surface area contributed by atoms with Crippen LogP contribution >= 0.6 is 22.9 Å². The number of carboxylic acid groups (broad SMARTS) is 1. The summed E-state index contributed by atoms with van der Waals surface area (Å²) in [5.41, 5.74) is 0.463. The van der Waals surface area contributed by atoms with Gasteiger partial charge in [-0.15, -0.1) is 11.3 Å². The predicted molar refractivity (Wildman–Crippen MR) is 219 cm³/mol. The Balaban J connectivity index is 1.32. The highest BCUT2D eigenvalue weighted by molar-refractivity contribution is 7.14. The molecule has 2 aliphatic carbocycles. The number of carboxylic acids is 1. The van der Waals surface area contributed by atoms with Crippen molar-refractivity contribution in [3.05, 3.63) is 28.6 Å². The van der Waals surface area contributed by atoms with Crippen LogP contribution in [0.3, 0.4) is 0 Å². The SMILES string of the molecule is CCC(CC)C(NC(=O)[C@@H]1C[C@@H](Oc2cc(-c3csc(NC(C)C)n3)nc3c(Cl)c(OC)ccc23)CN1C(=O)[C@@H](NC(=O)OC1C[C@@H]2[C@H](C1)C2(F)F)C(C)(C)C)C(=O)O. The van der Waals surface area contributed by atoms with Crippen LogP contribution in [0.15, 0.2) is 23.6 Å². The summed E-state index contributed by atoms with van der Waals surface area (Å²) < 4.78 is 45.4. The quantitative estimate of drug-likeness (QED) is 0.120. The average molecular weight is 863 g/mol. The first-order chi connectivity index (χ1) is 27.8. The van der Waals surface area contributed by atoms with E-state index in [2.05, 4.69) is 16.0 Å². The van der Waals surface area contributed by atoms with Gasteiger partial charge in [-0.05, 0) is 50.2 Å². The van der Waals surface area contributed by atoms with Crippen molar-refractivity contribution in [3.8, 4) is 22.9 Å². The van der Waals surface area contributed by atoms with E-state index in [1.807, 2.05) is 33.1 Å². The van der Waals surface area contributed by atoms with Gasteiger partial charge in [0.15, 0.2) is 5.13 Å². The number of benzene rings is 1. The van der Waals surface area contributed by atoms with E-state index in [1.165, 1.54) is 23.3 Å². The Morgan fingerprint density at radius 3 is 2.29 bits per heavy atom. The van der Waals surface area contributed by atoms with Gasteiger partial charge in [0.1, 0.15) is 52.5 Å². The molecule has 3 aliphatic rings. The molecular weight excluding hydrogens is 810 g/mol. The van der Waals surface area contributed by atoms with Gasteiger partial charge >= 0.3 is 12.1 Å². The van der Waals surface area contributed by atoms with Crippen molar-refractivity contribution in [2.45, 2.75) is 123 Å². The number of alkyl carbamates (subject to hydrolysis) is 1. The van der Waals surface area contributed by atoms with Crippen LogP contribution in [0.2, 0.25) is 5.02 Å².